The largest absolute Gasteiger partial charge is 0.313 e. The number of aryl methyl sites for hydroxylation is 3. The van der Waals surface area contributed by atoms with Gasteiger partial charge in [-0.2, -0.15) is 10.2 Å². The molecule has 0 saturated carbocycles. The first-order chi connectivity index (χ1) is 7.78. The van der Waals surface area contributed by atoms with Gasteiger partial charge in [0.25, 0.3) is 0 Å². The molecule has 0 aliphatic rings. The van der Waals surface area contributed by atoms with Crippen LogP contribution in [-0.2, 0) is 26.6 Å². The van der Waals surface area contributed by atoms with Gasteiger partial charge in [-0.15, -0.1) is 0 Å². The Hall–Kier alpha value is -1.69. The minimum atomic E-state index is 0.708. The average molecular weight is 220 g/mol. The van der Waals surface area contributed by atoms with Gasteiger partial charge in [-0.1, -0.05) is 0 Å². The van der Waals surface area contributed by atoms with Crippen LogP contribution in [0.25, 0.3) is 0 Å². The molecule has 0 fully saturated rings. The van der Waals surface area contributed by atoms with Gasteiger partial charge >= 0.3 is 0 Å². The molecule has 86 valence electrons. The second-order valence-electron chi connectivity index (χ2n) is 3.73. The lowest BCUT2D eigenvalue weighted by Crippen LogP contribution is -2.08. The van der Waals surface area contributed by atoms with Gasteiger partial charge in [-0.3, -0.25) is 9.36 Å². The van der Waals surface area contributed by atoms with Crippen molar-refractivity contribution in [2.75, 3.05) is 7.05 Å². The molecule has 0 saturated heterocycles. The van der Waals surface area contributed by atoms with E-state index in [-0.39, 0.29) is 0 Å². The Morgan fingerprint density at radius 3 is 3.00 bits per heavy atom. The minimum absolute atomic E-state index is 0.708. The molecule has 0 radical (unpaired) electrons. The lowest BCUT2D eigenvalue weighted by atomic mass is 10.2. The van der Waals surface area contributed by atoms with Crippen molar-refractivity contribution < 1.29 is 0 Å². The van der Waals surface area contributed by atoms with Crippen molar-refractivity contribution >= 4 is 0 Å². The molecule has 0 atom stereocenters. The van der Waals surface area contributed by atoms with E-state index in [2.05, 4.69) is 20.5 Å². The maximum Gasteiger partial charge on any atom is 0.164 e. The molecule has 6 heteroatoms. The van der Waals surface area contributed by atoms with Crippen LogP contribution >= 0.6 is 0 Å². The van der Waals surface area contributed by atoms with Gasteiger partial charge in [0.1, 0.15) is 6.33 Å². The second kappa shape index (κ2) is 4.89. The molecule has 0 aromatic carbocycles. The third-order valence-corrected chi connectivity index (χ3v) is 2.31. The SMILES string of the molecule is CNCc1ncn(CCc2cnn(C)c2)n1. The normalized spacial score (nSPS) is 10.9. The first kappa shape index (κ1) is 10.8. The summed E-state index contributed by atoms with van der Waals surface area (Å²) in [4.78, 5) is 4.19. The topological polar surface area (TPSA) is 60.6 Å². The maximum absolute atomic E-state index is 4.34. The van der Waals surface area contributed by atoms with E-state index in [0.29, 0.717) is 6.54 Å². The van der Waals surface area contributed by atoms with Crippen LogP contribution in [0, 0.1) is 0 Å². The third kappa shape index (κ3) is 2.66. The lowest BCUT2D eigenvalue weighted by molar-refractivity contribution is 0.599. The van der Waals surface area contributed by atoms with Crippen LogP contribution < -0.4 is 5.32 Å². The summed E-state index contributed by atoms with van der Waals surface area (Å²) in [6.45, 7) is 1.54. The van der Waals surface area contributed by atoms with Crippen LogP contribution in [-0.4, -0.2) is 31.6 Å². The van der Waals surface area contributed by atoms with Crippen molar-refractivity contribution in [2.45, 2.75) is 19.5 Å². The van der Waals surface area contributed by atoms with Gasteiger partial charge in [-0.25, -0.2) is 4.98 Å². The van der Waals surface area contributed by atoms with Crippen LogP contribution in [0.4, 0.5) is 0 Å². The summed E-state index contributed by atoms with van der Waals surface area (Å²) in [6, 6.07) is 0. The highest BCUT2D eigenvalue weighted by Crippen LogP contribution is 1.99. The Balaban J connectivity index is 1.89. The number of aromatic nitrogens is 5. The van der Waals surface area contributed by atoms with Gasteiger partial charge in [0.15, 0.2) is 5.82 Å². The van der Waals surface area contributed by atoms with E-state index >= 15 is 0 Å². The number of nitrogens with one attached hydrogen (secondary N) is 1. The number of hydrogen-bond acceptors (Lipinski definition) is 4. The summed E-state index contributed by atoms with van der Waals surface area (Å²) in [5.74, 6) is 0.827. The van der Waals surface area contributed by atoms with E-state index in [0.717, 1.165) is 18.8 Å². The molecule has 0 aliphatic carbocycles. The van der Waals surface area contributed by atoms with E-state index in [1.807, 2.05) is 35.9 Å². The van der Waals surface area contributed by atoms with Crippen LogP contribution in [0.1, 0.15) is 11.4 Å². The molecule has 16 heavy (non-hydrogen) atoms. The van der Waals surface area contributed by atoms with E-state index in [4.69, 9.17) is 0 Å². The van der Waals surface area contributed by atoms with Crippen molar-refractivity contribution in [1.82, 2.24) is 29.9 Å². The predicted octanol–water partition coefficient (Wildman–Crippen LogP) is -0.0263. The molecular weight excluding hydrogens is 204 g/mol. The van der Waals surface area contributed by atoms with Crippen LogP contribution in [0.5, 0.6) is 0 Å². The summed E-state index contributed by atoms with van der Waals surface area (Å²) in [6.07, 6.45) is 6.59. The fourth-order valence-corrected chi connectivity index (χ4v) is 1.52. The van der Waals surface area contributed by atoms with Crippen molar-refractivity contribution in [2.24, 2.45) is 7.05 Å². The smallest absolute Gasteiger partial charge is 0.164 e. The van der Waals surface area contributed by atoms with Crippen molar-refractivity contribution in [3.63, 3.8) is 0 Å². The summed E-state index contributed by atoms with van der Waals surface area (Å²) in [5.41, 5.74) is 1.22. The highest BCUT2D eigenvalue weighted by molar-refractivity contribution is 5.03. The summed E-state index contributed by atoms with van der Waals surface area (Å²) >= 11 is 0. The number of rotatable bonds is 5. The zero-order valence-electron chi connectivity index (χ0n) is 9.59. The Kier molecular flexibility index (Phi) is 3.31. The quantitative estimate of drug-likeness (QED) is 0.769. The second-order valence-corrected chi connectivity index (χ2v) is 3.73. The molecular formula is C10H16N6. The molecule has 2 aromatic rings. The average Bonchev–Trinajstić information content (AvgIpc) is 2.85. The van der Waals surface area contributed by atoms with Gasteiger partial charge in [0.05, 0.1) is 12.7 Å². The molecule has 0 spiro atoms. The van der Waals surface area contributed by atoms with E-state index < -0.39 is 0 Å². The molecule has 6 nitrogen and oxygen atoms in total. The standard InChI is InChI=1S/C10H16N6/c1-11-6-10-12-8-16(14-10)4-3-9-5-13-15(2)7-9/h5,7-8,11H,3-4,6H2,1-2H3. The number of nitrogens with zero attached hydrogens (tertiary/aromatic N) is 5. The van der Waals surface area contributed by atoms with Crippen LogP contribution in [0.2, 0.25) is 0 Å². The molecule has 0 bridgehead atoms. The van der Waals surface area contributed by atoms with E-state index in [9.17, 15) is 0 Å². The monoisotopic (exact) mass is 220 g/mol. The van der Waals surface area contributed by atoms with Gasteiger partial charge < -0.3 is 5.32 Å². The molecule has 1 N–H and O–H groups in total. The van der Waals surface area contributed by atoms with E-state index in [1.54, 1.807) is 6.33 Å². The first-order valence-corrected chi connectivity index (χ1v) is 5.28. The number of hydrogen-bond donors (Lipinski definition) is 1. The van der Waals surface area contributed by atoms with Gasteiger partial charge in [-0.05, 0) is 19.0 Å². The van der Waals surface area contributed by atoms with Crippen LogP contribution in [0.15, 0.2) is 18.7 Å². The van der Waals surface area contributed by atoms with Gasteiger partial charge in [0, 0.05) is 19.8 Å². The molecule has 2 aromatic heterocycles. The highest BCUT2D eigenvalue weighted by Gasteiger charge is 2.01. The van der Waals surface area contributed by atoms with Crippen molar-refractivity contribution in [3.05, 3.63) is 30.1 Å². The maximum atomic E-state index is 4.34. The Labute approximate surface area is 94.3 Å². The zero-order chi connectivity index (χ0) is 11.4. The van der Waals surface area contributed by atoms with Crippen molar-refractivity contribution in [1.29, 1.82) is 0 Å². The zero-order valence-corrected chi connectivity index (χ0v) is 9.59. The summed E-state index contributed by atoms with van der Waals surface area (Å²) < 4.78 is 3.67. The fraction of sp³-hybridized carbons (Fsp3) is 0.500. The molecule has 0 amide bonds. The molecule has 0 aliphatic heterocycles. The molecule has 2 rings (SSSR count). The Bertz CT molecular complexity index is 444. The lowest BCUT2D eigenvalue weighted by Gasteiger charge is -1.97. The first-order valence-electron chi connectivity index (χ1n) is 5.28. The minimum Gasteiger partial charge on any atom is -0.313 e. The summed E-state index contributed by atoms with van der Waals surface area (Å²) in [7, 11) is 3.81. The molecule has 2 heterocycles. The summed E-state index contributed by atoms with van der Waals surface area (Å²) in [5, 5.41) is 11.5. The highest BCUT2D eigenvalue weighted by atomic mass is 15.3. The van der Waals surface area contributed by atoms with E-state index in [1.165, 1.54) is 5.56 Å². The third-order valence-electron chi connectivity index (χ3n) is 2.31. The Morgan fingerprint density at radius 1 is 1.44 bits per heavy atom. The molecule has 0 unspecified atom stereocenters. The predicted molar refractivity (Wildman–Crippen MR) is 59.7 cm³/mol. The van der Waals surface area contributed by atoms with Crippen LogP contribution in [0.3, 0.4) is 0 Å². The van der Waals surface area contributed by atoms with Gasteiger partial charge in [0.2, 0.25) is 0 Å². The van der Waals surface area contributed by atoms with Crippen molar-refractivity contribution in [3.8, 4) is 0 Å². The Morgan fingerprint density at radius 2 is 2.31 bits per heavy atom. The fourth-order valence-electron chi connectivity index (χ4n) is 1.52.